The van der Waals surface area contributed by atoms with E-state index in [4.69, 9.17) is 0 Å². The van der Waals surface area contributed by atoms with Crippen LogP contribution in [0.3, 0.4) is 0 Å². The first-order chi connectivity index (χ1) is 6.90. The fourth-order valence-electron chi connectivity index (χ4n) is 1.21. The van der Waals surface area contributed by atoms with Gasteiger partial charge in [-0.2, -0.15) is 13.2 Å². The molecule has 0 amide bonds. The number of halogens is 5. The van der Waals surface area contributed by atoms with E-state index in [0.29, 0.717) is 0 Å². The van der Waals surface area contributed by atoms with E-state index in [2.05, 4.69) is 21.2 Å². The molecule has 0 radical (unpaired) electrons. The lowest BCUT2D eigenvalue weighted by Gasteiger charge is -2.16. The van der Waals surface area contributed by atoms with Crippen LogP contribution in [0.4, 0.5) is 13.2 Å². The molecule has 1 aromatic carbocycles. The summed E-state index contributed by atoms with van der Waals surface area (Å²) in [6.45, 7) is 0.724. The van der Waals surface area contributed by atoms with Gasteiger partial charge in [-0.25, -0.2) is 0 Å². The van der Waals surface area contributed by atoms with Gasteiger partial charge in [0.25, 0.3) is 0 Å². The van der Waals surface area contributed by atoms with E-state index < -0.39 is 12.7 Å². The molecule has 1 unspecified atom stereocenters. The normalized spacial score (nSPS) is 13.1. The minimum atomic E-state index is -4.17. The highest BCUT2D eigenvalue weighted by molar-refractivity contribution is 9.10. The van der Waals surface area contributed by atoms with Gasteiger partial charge in [-0.1, -0.05) is 34.1 Å². The Balaban J connectivity index is 0.00000225. The number of benzene rings is 1. The van der Waals surface area contributed by atoms with Crippen LogP contribution in [-0.2, 0) is 0 Å². The van der Waals surface area contributed by atoms with Crippen LogP contribution in [0.15, 0.2) is 28.7 Å². The van der Waals surface area contributed by atoms with Gasteiger partial charge >= 0.3 is 6.18 Å². The van der Waals surface area contributed by atoms with Crippen molar-refractivity contribution in [3.05, 3.63) is 34.3 Å². The number of hydrogen-bond donors (Lipinski definition) is 1. The summed E-state index contributed by atoms with van der Waals surface area (Å²) >= 11 is 3.30. The second-order valence-corrected chi connectivity index (χ2v) is 4.09. The van der Waals surface area contributed by atoms with Crippen molar-refractivity contribution >= 4 is 28.3 Å². The molecular formula is C10H12BrClF3N. The van der Waals surface area contributed by atoms with Gasteiger partial charge in [0, 0.05) is 10.5 Å². The standard InChI is InChI=1S/C10H11BrF3N.ClH/c1-7(15-6-10(12,13)14)8-4-2-3-5-9(8)11;/h2-5,7,15H,6H2,1H3;1H. The second kappa shape index (κ2) is 6.47. The zero-order valence-corrected chi connectivity index (χ0v) is 10.9. The largest absolute Gasteiger partial charge is 0.401 e. The Labute approximate surface area is 107 Å². The molecule has 6 heteroatoms. The maximum absolute atomic E-state index is 12.0. The van der Waals surface area contributed by atoms with Crippen LogP contribution >= 0.6 is 28.3 Å². The summed E-state index contributed by atoms with van der Waals surface area (Å²) in [6.07, 6.45) is -4.17. The van der Waals surface area contributed by atoms with Crippen molar-refractivity contribution < 1.29 is 13.2 Å². The van der Waals surface area contributed by atoms with Crippen LogP contribution in [0.1, 0.15) is 18.5 Å². The van der Waals surface area contributed by atoms with E-state index in [1.807, 2.05) is 6.07 Å². The van der Waals surface area contributed by atoms with Gasteiger partial charge in [0.15, 0.2) is 0 Å². The van der Waals surface area contributed by atoms with E-state index in [1.54, 1.807) is 25.1 Å². The molecule has 1 N–H and O–H groups in total. The SMILES string of the molecule is CC(NCC(F)(F)F)c1ccccc1Br.Cl. The minimum absolute atomic E-state index is 0. The minimum Gasteiger partial charge on any atom is -0.302 e. The molecular weight excluding hydrogens is 306 g/mol. The Morgan fingerprint density at radius 2 is 1.88 bits per heavy atom. The molecule has 1 nitrogen and oxygen atoms in total. The molecule has 0 saturated heterocycles. The van der Waals surface area contributed by atoms with Gasteiger partial charge in [0.1, 0.15) is 0 Å². The lowest BCUT2D eigenvalue weighted by atomic mass is 10.1. The first kappa shape index (κ1) is 15.7. The highest BCUT2D eigenvalue weighted by Gasteiger charge is 2.27. The zero-order chi connectivity index (χ0) is 11.5. The summed E-state index contributed by atoms with van der Waals surface area (Å²) in [5, 5.41) is 2.42. The van der Waals surface area contributed by atoms with Crippen molar-refractivity contribution in [3.63, 3.8) is 0 Å². The van der Waals surface area contributed by atoms with Crippen LogP contribution in [0.5, 0.6) is 0 Å². The second-order valence-electron chi connectivity index (χ2n) is 3.24. The lowest BCUT2D eigenvalue weighted by molar-refractivity contribution is -0.126. The van der Waals surface area contributed by atoms with E-state index in [9.17, 15) is 13.2 Å². The van der Waals surface area contributed by atoms with Gasteiger partial charge in [-0.05, 0) is 18.6 Å². The quantitative estimate of drug-likeness (QED) is 0.885. The lowest BCUT2D eigenvalue weighted by Crippen LogP contribution is -2.30. The highest BCUT2D eigenvalue weighted by Crippen LogP contribution is 2.23. The summed E-state index contributed by atoms with van der Waals surface area (Å²) in [4.78, 5) is 0. The van der Waals surface area contributed by atoms with E-state index in [1.165, 1.54) is 0 Å². The molecule has 0 aliphatic heterocycles. The van der Waals surface area contributed by atoms with Crippen molar-refractivity contribution in [2.24, 2.45) is 0 Å². The van der Waals surface area contributed by atoms with Crippen molar-refractivity contribution in [3.8, 4) is 0 Å². The van der Waals surface area contributed by atoms with Crippen LogP contribution in [0.25, 0.3) is 0 Å². The Morgan fingerprint density at radius 3 is 2.38 bits per heavy atom. The molecule has 0 bridgehead atoms. The fraction of sp³-hybridized carbons (Fsp3) is 0.400. The van der Waals surface area contributed by atoms with Gasteiger partial charge in [-0.15, -0.1) is 12.4 Å². The first-order valence-electron chi connectivity index (χ1n) is 4.45. The molecule has 16 heavy (non-hydrogen) atoms. The average molecular weight is 319 g/mol. The van der Waals surface area contributed by atoms with Gasteiger partial charge < -0.3 is 5.32 Å². The van der Waals surface area contributed by atoms with Gasteiger partial charge in [0.2, 0.25) is 0 Å². The van der Waals surface area contributed by atoms with Crippen LogP contribution in [0.2, 0.25) is 0 Å². The Bertz CT molecular complexity index is 330. The third kappa shape index (κ3) is 5.18. The van der Waals surface area contributed by atoms with Crippen LogP contribution in [-0.4, -0.2) is 12.7 Å². The molecule has 0 heterocycles. The van der Waals surface area contributed by atoms with E-state index in [0.717, 1.165) is 10.0 Å². The highest BCUT2D eigenvalue weighted by atomic mass is 79.9. The van der Waals surface area contributed by atoms with Crippen molar-refractivity contribution in [2.75, 3.05) is 6.54 Å². The average Bonchev–Trinajstić information content (AvgIpc) is 2.14. The monoisotopic (exact) mass is 317 g/mol. The third-order valence-corrected chi connectivity index (χ3v) is 2.70. The van der Waals surface area contributed by atoms with E-state index >= 15 is 0 Å². The number of rotatable bonds is 3. The topological polar surface area (TPSA) is 12.0 Å². The van der Waals surface area contributed by atoms with Crippen molar-refractivity contribution in [1.29, 1.82) is 0 Å². The zero-order valence-electron chi connectivity index (χ0n) is 8.51. The molecule has 1 rings (SSSR count). The number of nitrogens with one attached hydrogen (secondary N) is 1. The maximum Gasteiger partial charge on any atom is 0.401 e. The Hall–Kier alpha value is -0.260. The Kier molecular flexibility index (Phi) is 6.36. The molecule has 1 aromatic rings. The molecule has 92 valence electrons. The molecule has 0 saturated carbocycles. The number of alkyl halides is 3. The molecule has 1 atom stereocenters. The summed E-state index contributed by atoms with van der Waals surface area (Å²) in [7, 11) is 0. The molecule has 0 fully saturated rings. The first-order valence-corrected chi connectivity index (χ1v) is 5.24. The summed E-state index contributed by atoms with van der Waals surface area (Å²) in [5.41, 5.74) is 0.821. The van der Waals surface area contributed by atoms with E-state index in [-0.39, 0.29) is 18.4 Å². The third-order valence-electron chi connectivity index (χ3n) is 1.98. The van der Waals surface area contributed by atoms with Crippen molar-refractivity contribution in [2.45, 2.75) is 19.1 Å². The molecule has 0 aliphatic rings. The van der Waals surface area contributed by atoms with Crippen LogP contribution in [0, 0.1) is 0 Å². The summed E-state index contributed by atoms with van der Waals surface area (Å²) in [5.74, 6) is 0. The maximum atomic E-state index is 12.0. The molecule has 0 spiro atoms. The molecule has 0 aromatic heterocycles. The van der Waals surface area contributed by atoms with Gasteiger partial charge in [-0.3, -0.25) is 0 Å². The molecule has 0 aliphatic carbocycles. The van der Waals surface area contributed by atoms with Gasteiger partial charge in [0.05, 0.1) is 6.54 Å². The summed E-state index contributed by atoms with van der Waals surface area (Å²) in [6, 6.07) is 6.89. The van der Waals surface area contributed by atoms with Crippen molar-refractivity contribution in [1.82, 2.24) is 5.32 Å². The smallest absolute Gasteiger partial charge is 0.302 e. The number of hydrogen-bond acceptors (Lipinski definition) is 1. The predicted octanol–water partition coefficient (Wildman–Crippen LogP) is 4.08. The fourth-order valence-corrected chi connectivity index (χ4v) is 1.83. The summed E-state index contributed by atoms with van der Waals surface area (Å²) < 4.78 is 36.7. The van der Waals surface area contributed by atoms with Crippen LogP contribution < -0.4 is 5.32 Å². The Morgan fingerprint density at radius 1 is 1.31 bits per heavy atom. The predicted molar refractivity (Wildman–Crippen MR) is 63.9 cm³/mol.